The average Bonchev–Trinajstić information content (AvgIpc) is 2.95. The fourth-order valence-corrected chi connectivity index (χ4v) is 5.78. The van der Waals surface area contributed by atoms with E-state index in [0.717, 1.165) is 23.1 Å². The zero-order valence-corrected chi connectivity index (χ0v) is 24.2. The maximum absolute atomic E-state index is 14.1. The SMILES string of the molecule is CCc1ccccc1N(CC(=O)N(Cc1ccccc1C)[C@@H](C)C(=O)N[C@@H](C)CC)S(=O)(=O)c1ccccc1. The summed E-state index contributed by atoms with van der Waals surface area (Å²) in [6.07, 6.45) is 1.34. The number of rotatable bonds is 12. The van der Waals surface area contributed by atoms with E-state index in [1.165, 1.54) is 21.3 Å². The third-order valence-corrected chi connectivity index (χ3v) is 8.80. The van der Waals surface area contributed by atoms with Crippen LogP contribution in [0, 0.1) is 6.92 Å². The molecule has 208 valence electrons. The van der Waals surface area contributed by atoms with Crippen LogP contribution in [0.15, 0.2) is 83.8 Å². The molecule has 0 bridgehead atoms. The van der Waals surface area contributed by atoms with E-state index in [-0.39, 0.29) is 23.4 Å². The molecule has 0 aliphatic carbocycles. The molecule has 0 radical (unpaired) electrons. The standard InChI is InChI=1S/C31H39N3O4S/c1-6-24(4)32-31(36)25(5)33(21-27-17-12-11-15-23(27)3)30(35)22-34(29-20-14-13-16-26(29)7-2)39(37,38)28-18-9-8-10-19-28/h8-20,24-25H,6-7,21-22H2,1-5H3,(H,32,36)/t24-,25-/m0/s1. The molecule has 3 rings (SSSR count). The second-order valence-corrected chi connectivity index (χ2v) is 11.6. The minimum Gasteiger partial charge on any atom is -0.352 e. The highest BCUT2D eigenvalue weighted by molar-refractivity contribution is 7.92. The number of para-hydroxylation sites is 1. The number of carbonyl (C=O) groups excluding carboxylic acids is 2. The Morgan fingerprint density at radius 2 is 1.44 bits per heavy atom. The molecule has 3 aromatic rings. The van der Waals surface area contributed by atoms with Gasteiger partial charge in [-0.05, 0) is 68.5 Å². The molecule has 0 fully saturated rings. The van der Waals surface area contributed by atoms with Crippen LogP contribution in [-0.4, -0.2) is 43.8 Å². The van der Waals surface area contributed by atoms with Gasteiger partial charge in [-0.1, -0.05) is 74.5 Å². The summed E-state index contributed by atoms with van der Waals surface area (Å²) in [5.41, 5.74) is 3.12. The molecule has 0 saturated carbocycles. The van der Waals surface area contributed by atoms with E-state index in [2.05, 4.69) is 5.32 Å². The van der Waals surface area contributed by atoms with Gasteiger partial charge in [-0.2, -0.15) is 0 Å². The van der Waals surface area contributed by atoms with Gasteiger partial charge in [0.2, 0.25) is 11.8 Å². The first kappa shape index (κ1) is 29.9. The highest BCUT2D eigenvalue weighted by Crippen LogP contribution is 2.28. The Balaban J connectivity index is 2.06. The number of benzene rings is 3. The molecule has 0 saturated heterocycles. The molecule has 2 atom stereocenters. The van der Waals surface area contributed by atoms with Gasteiger partial charge < -0.3 is 10.2 Å². The first-order chi connectivity index (χ1) is 18.6. The van der Waals surface area contributed by atoms with Crippen LogP contribution in [0.1, 0.15) is 50.8 Å². The average molecular weight is 550 g/mol. The zero-order valence-electron chi connectivity index (χ0n) is 23.4. The van der Waals surface area contributed by atoms with Crippen molar-refractivity contribution in [3.8, 4) is 0 Å². The van der Waals surface area contributed by atoms with Gasteiger partial charge in [-0.3, -0.25) is 13.9 Å². The van der Waals surface area contributed by atoms with Gasteiger partial charge in [0.15, 0.2) is 0 Å². The third-order valence-electron chi connectivity index (χ3n) is 7.02. The molecule has 0 aromatic heterocycles. The smallest absolute Gasteiger partial charge is 0.264 e. The van der Waals surface area contributed by atoms with Crippen molar-refractivity contribution in [3.05, 3.63) is 95.6 Å². The predicted octanol–water partition coefficient (Wildman–Crippen LogP) is 5.08. The van der Waals surface area contributed by atoms with Crippen LogP contribution < -0.4 is 9.62 Å². The van der Waals surface area contributed by atoms with E-state index in [4.69, 9.17) is 0 Å². The van der Waals surface area contributed by atoms with Gasteiger partial charge in [0, 0.05) is 12.6 Å². The third kappa shape index (κ3) is 7.26. The number of anilines is 1. The first-order valence-corrected chi connectivity index (χ1v) is 14.8. The topological polar surface area (TPSA) is 86.8 Å². The van der Waals surface area contributed by atoms with Crippen LogP contribution in [0.5, 0.6) is 0 Å². The molecule has 7 nitrogen and oxygen atoms in total. The highest BCUT2D eigenvalue weighted by Gasteiger charge is 2.33. The number of hydrogen-bond donors (Lipinski definition) is 1. The number of carbonyl (C=O) groups is 2. The molecule has 2 amide bonds. The molecule has 39 heavy (non-hydrogen) atoms. The van der Waals surface area contributed by atoms with Gasteiger partial charge >= 0.3 is 0 Å². The lowest BCUT2D eigenvalue weighted by molar-refractivity contribution is -0.139. The van der Waals surface area contributed by atoms with Crippen LogP contribution in [-0.2, 0) is 32.6 Å². The van der Waals surface area contributed by atoms with Gasteiger partial charge in [0.05, 0.1) is 10.6 Å². The predicted molar refractivity (Wildman–Crippen MR) is 156 cm³/mol. The Morgan fingerprint density at radius 1 is 0.846 bits per heavy atom. The second-order valence-electron chi connectivity index (χ2n) is 9.75. The van der Waals surface area contributed by atoms with Gasteiger partial charge in [-0.15, -0.1) is 0 Å². The van der Waals surface area contributed by atoms with Crippen molar-refractivity contribution in [1.82, 2.24) is 10.2 Å². The molecule has 1 N–H and O–H groups in total. The van der Waals surface area contributed by atoms with Crippen LogP contribution in [0.25, 0.3) is 0 Å². The molecule has 0 aliphatic rings. The van der Waals surface area contributed by atoms with Crippen molar-refractivity contribution in [3.63, 3.8) is 0 Å². The normalized spacial score (nSPS) is 12.8. The van der Waals surface area contributed by atoms with Crippen LogP contribution >= 0.6 is 0 Å². The molecular weight excluding hydrogens is 510 g/mol. The van der Waals surface area contributed by atoms with Gasteiger partial charge in [0.25, 0.3) is 10.0 Å². The van der Waals surface area contributed by atoms with Crippen LogP contribution in [0.3, 0.4) is 0 Å². The summed E-state index contributed by atoms with van der Waals surface area (Å²) in [7, 11) is -4.08. The van der Waals surface area contributed by atoms with Crippen LogP contribution in [0.4, 0.5) is 5.69 Å². The molecule has 0 aliphatic heterocycles. The van der Waals surface area contributed by atoms with Crippen LogP contribution in [0.2, 0.25) is 0 Å². The van der Waals surface area contributed by atoms with E-state index in [0.29, 0.717) is 12.1 Å². The lowest BCUT2D eigenvalue weighted by Crippen LogP contribution is -2.52. The maximum Gasteiger partial charge on any atom is 0.264 e. The Kier molecular flexibility index (Phi) is 10.3. The largest absolute Gasteiger partial charge is 0.352 e. The summed E-state index contributed by atoms with van der Waals surface area (Å²) in [5.74, 6) is -0.742. The maximum atomic E-state index is 14.1. The molecule has 0 heterocycles. The lowest BCUT2D eigenvalue weighted by atomic mass is 10.1. The Labute approximate surface area is 232 Å². The Bertz CT molecular complexity index is 1380. The summed E-state index contributed by atoms with van der Waals surface area (Å²) in [6, 6.07) is 22.1. The number of sulfonamides is 1. The number of nitrogens with zero attached hydrogens (tertiary/aromatic N) is 2. The molecule has 8 heteroatoms. The lowest BCUT2D eigenvalue weighted by Gasteiger charge is -2.33. The molecule has 3 aromatic carbocycles. The van der Waals surface area contributed by atoms with Crippen molar-refractivity contribution in [2.75, 3.05) is 10.8 Å². The zero-order chi connectivity index (χ0) is 28.6. The minimum atomic E-state index is -4.08. The van der Waals surface area contributed by atoms with E-state index in [9.17, 15) is 18.0 Å². The Hall–Kier alpha value is -3.65. The Morgan fingerprint density at radius 3 is 2.05 bits per heavy atom. The summed E-state index contributed by atoms with van der Waals surface area (Å²) < 4.78 is 29.0. The molecule has 0 spiro atoms. The highest BCUT2D eigenvalue weighted by atomic mass is 32.2. The van der Waals surface area contributed by atoms with Crippen molar-refractivity contribution in [2.45, 2.75) is 71.0 Å². The van der Waals surface area contributed by atoms with E-state index >= 15 is 0 Å². The fraction of sp³-hybridized carbons (Fsp3) is 0.355. The van der Waals surface area contributed by atoms with Crippen molar-refractivity contribution in [1.29, 1.82) is 0 Å². The number of aryl methyl sites for hydroxylation is 2. The first-order valence-electron chi connectivity index (χ1n) is 13.4. The summed E-state index contributed by atoms with van der Waals surface area (Å²) >= 11 is 0. The van der Waals surface area contributed by atoms with E-state index in [1.54, 1.807) is 37.3 Å². The number of amides is 2. The minimum absolute atomic E-state index is 0.0539. The molecule has 0 unspecified atom stereocenters. The number of hydrogen-bond acceptors (Lipinski definition) is 4. The van der Waals surface area contributed by atoms with Crippen molar-refractivity contribution >= 4 is 27.5 Å². The summed E-state index contributed by atoms with van der Waals surface area (Å²) in [5, 5.41) is 2.96. The van der Waals surface area contributed by atoms with E-state index < -0.39 is 28.5 Å². The van der Waals surface area contributed by atoms with Crippen molar-refractivity contribution < 1.29 is 18.0 Å². The number of nitrogens with one attached hydrogen (secondary N) is 1. The summed E-state index contributed by atoms with van der Waals surface area (Å²) in [6.45, 7) is 9.20. The van der Waals surface area contributed by atoms with Crippen molar-refractivity contribution in [2.24, 2.45) is 0 Å². The fourth-order valence-electron chi connectivity index (χ4n) is 4.31. The second kappa shape index (κ2) is 13.4. The van der Waals surface area contributed by atoms with Gasteiger partial charge in [0.1, 0.15) is 12.6 Å². The molecular formula is C31H39N3O4S. The summed E-state index contributed by atoms with van der Waals surface area (Å²) in [4.78, 5) is 28.8. The van der Waals surface area contributed by atoms with Gasteiger partial charge in [-0.25, -0.2) is 8.42 Å². The van der Waals surface area contributed by atoms with E-state index in [1.807, 2.05) is 64.1 Å². The quantitative estimate of drug-likeness (QED) is 0.341. The monoisotopic (exact) mass is 549 g/mol.